The van der Waals surface area contributed by atoms with Crippen LogP contribution in [0.4, 0.5) is 0 Å². The number of halogens is 1. The first-order valence-electron chi connectivity index (χ1n) is 12.1. The third-order valence-corrected chi connectivity index (χ3v) is 7.48. The van der Waals surface area contributed by atoms with Crippen LogP contribution in [0.25, 0.3) is 0 Å². The number of aryl methyl sites for hydroxylation is 2. The van der Waals surface area contributed by atoms with E-state index in [0.29, 0.717) is 23.1 Å². The van der Waals surface area contributed by atoms with Crippen LogP contribution in [-0.2, 0) is 4.79 Å². The van der Waals surface area contributed by atoms with Crippen LogP contribution in [-0.4, -0.2) is 27.0 Å². The van der Waals surface area contributed by atoms with Crippen LogP contribution in [0, 0.1) is 19.8 Å². The number of nitrogens with zero attached hydrogens (tertiary/aromatic N) is 2. The van der Waals surface area contributed by atoms with Gasteiger partial charge in [-0.25, -0.2) is 0 Å². The van der Waals surface area contributed by atoms with E-state index in [0.717, 1.165) is 53.6 Å². The first-order chi connectivity index (χ1) is 16.9. The molecule has 2 N–H and O–H groups in total. The number of hydrogen-bond acceptors (Lipinski definition) is 4. The first kappa shape index (κ1) is 24.9. The lowest BCUT2D eigenvalue weighted by atomic mass is 9.78. The Bertz CT molecular complexity index is 1210. The van der Waals surface area contributed by atoms with E-state index in [9.17, 15) is 15.1 Å². The van der Waals surface area contributed by atoms with Crippen molar-refractivity contribution in [2.75, 3.05) is 0 Å². The normalized spacial score (nSPS) is 19.3. The molecule has 0 saturated heterocycles. The first-order valence-corrected chi connectivity index (χ1v) is 12.5. The summed E-state index contributed by atoms with van der Waals surface area (Å²) < 4.78 is 0. The van der Waals surface area contributed by atoms with E-state index >= 15 is 0 Å². The predicted molar refractivity (Wildman–Crippen MR) is 139 cm³/mol. The van der Waals surface area contributed by atoms with Gasteiger partial charge in [-0.3, -0.25) is 9.78 Å². The van der Waals surface area contributed by atoms with Gasteiger partial charge in [-0.05, 0) is 92.0 Å². The number of oxime groups is 1. The highest BCUT2D eigenvalue weighted by Gasteiger charge is 2.27. The minimum Gasteiger partial charge on any atom is -0.481 e. The fourth-order valence-electron chi connectivity index (χ4n) is 5.25. The van der Waals surface area contributed by atoms with E-state index in [1.165, 1.54) is 5.56 Å². The van der Waals surface area contributed by atoms with Crippen LogP contribution >= 0.6 is 11.6 Å². The fraction of sp³-hybridized carbons (Fsp3) is 0.345. The minimum atomic E-state index is -0.675. The summed E-state index contributed by atoms with van der Waals surface area (Å²) in [6.07, 6.45) is 5.52. The Morgan fingerprint density at radius 3 is 2.37 bits per heavy atom. The van der Waals surface area contributed by atoms with Gasteiger partial charge in [0.1, 0.15) is 0 Å². The topological polar surface area (TPSA) is 82.8 Å². The van der Waals surface area contributed by atoms with Crippen LogP contribution in [0.1, 0.15) is 77.5 Å². The standard InChI is InChI=1S/C29H31ClN2O3/c1-18-15-25(30)11-12-26(18)27(17-28(32-35)24-13-14-31-19(2)16-24)22-7-3-20(4-8-22)21-5-9-23(10-6-21)29(33)34/h3-4,7-8,11-16,21,23,27,35H,5-6,9-10,17H2,1-2H3,(H,33,34). The molecular weight excluding hydrogens is 460 g/mol. The molecule has 1 saturated carbocycles. The summed E-state index contributed by atoms with van der Waals surface area (Å²) in [5.41, 5.74) is 6.92. The molecule has 35 heavy (non-hydrogen) atoms. The Balaban J connectivity index is 1.63. The summed E-state index contributed by atoms with van der Waals surface area (Å²) >= 11 is 6.24. The van der Waals surface area contributed by atoms with Gasteiger partial charge in [-0.15, -0.1) is 0 Å². The highest BCUT2D eigenvalue weighted by Crippen LogP contribution is 2.38. The molecular formula is C29H31ClN2O3. The number of carboxylic acids is 1. The van der Waals surface area contributed by atoms with Gasteiger partial charge in [0.25, 0.3) is 0 Å². The van der Waals surface area contributed by atoms with Crippen molar-refractivity contribution in [2.45, 2.75) is 57.8 Å². The molecule has 4 rings (SSSR count). The summed E-state index contributed by atoms with van der Waals surface area (Å²) in [6.45, 7) is 3.97. The number of carbonyl (C=O) groups is 1. The summed E-state index contributed by atoms with van der Waals surface area (Å²) in [5, 5.41) is 23.6. The second-order valence-corrected chi connectivity index (χ2v) is 9.98. The molecule has 0 aliphatic heterocycles. The largest absolute Gasteiger partial charge is 0.481 e. The van der Waals surface area contributed by atoms with Crippen molar-refractivity contribution in [1.29, 1.82) is 0 Å². The Morgan fingerprint density at radius 1 is 1.06 bits per heavy atom. The molecule has 6 heteroatoms. The molecule has 182 valence electrons. The van der Waals surface area contributed by atoms with Gasteiger partial charge >= 0.3 is 5.97 Å². The fourth-order valence-corrected chi connectivity index (χ4v) is 5.47. The Labute approximate surface area is 211 Å². The smallest absolute Gasteiger partial charge is 0.306 e. The number of benzene rings is 2. The van der Waals surface area contributed by atoms with Gasteiger partial charge in [0.05, 0.1) is 11.6 Å². The van der Waals surface area contributed by atoms with Crippen LogP contribution in [0.5, 0.6) is 0 Å². The van der Waals surface area contributed by atoms with E-state index in [-0.39, 0.29) is 11.8 Å². The molecule has 0 bridgehead atoms. The maximum Gasteiger partial charge on any atom is 0.306 e. The van der Waals surface area contributed by atoms with Gasteiger partial charge < -0.3 is 10.3 Å². The van der Waals surface area contributed by atoms with Crippen LogP contribution in [0.2, 0.25) is 5.02 Å². The van der Waals surface area contributed by atoms with Gasteiger partial charge in [0, 0.05) is 34.8 Å². The van der Waals surface area contributed by atoms with Crippen molar-refractivity contribution >= 4 is 23.3 Å². The van der Waals surface area contributed by atoms with Crippen LogP contribution in [0.15, 0.2) is 65.9 Å². The van der Waals surface area contributed by atoms with Gasteiger partial charge in [0.2, 0.25) is 0 Å². The molecule has 1 atom stereocenters. The monoisotopic (exact) mass is 490 g/mol. The molecule has 2 aromatic carbocycles. The summed E-state index contributed by atoms with van der Waals surface area (Å²) in [6, 6.07) is 18.4. The molecule has 1 fully saturated rings. The maximum absolute atomic E-state index is 11.3. The van der Waals surface area contributed by atoms with Crippen molar-refractivity contribution in [3.05, 3.63) is 99.3 Å². The lowest BCUT2D eigenvalue weighted by molar-refractivity contribution is -0.142. The van der Waals surface area contributed by atoms with Gasteiger partial charge in [-0.1, -0.05) is 47.1 Å². The van der Waals surface area contributed by atoms with Crippen molar-refractivity contribution in [1.82, 2.24) is 4.98 Å². The quantitative estimate of drug-likeness (QED) is 0.210. The number of hydrogen-bond donors (Lipinski definition) is 2. The second-order valence-electron chi connectivity index (χ2n) is 9.54. The zero-order valence-corrected chi connectivity index (χ0v) is 20.9. The highest BCUT2D eigenvalue weighted by molar-refractivity contribution is 6.30. The van der Waals surface area contributed by atoms with E-state index in [1.807, 2.05) is 31.2 Å². The molecule has 1 aliphatic rings. The Morgan fingerprint density at radius 2 is 1.77 bits per heavy atom. The number of aromatic nitrogens is 1. The number of rotatable bonds is 7. The van der Waals surface area contributed by atoms with E-state index < -0.39 is 5.97 Å². The maximum atomic E-state index is 11.3. The van der Waals surface area contributed by atoms with Crippen LogP contribution < -0.4 is 0 Å². The van der Waals surface area contributed by atoms with E-state index in [1.54, 1.807) is 6.20 Å². The number of pyridine rings is 1. The van der Waals surface area contributed by atoms with Crippen molar-refractivity contribution in [3.63, 3.8) is 0 Å². The highest BCUT2D eigenvalue weighted by atomic mass is 35.5. The molecule has 0 amide bonds. The molecule has 0 spiro atoms. The Kier molecular flexibility index (Phi) is 7.86. The van der Waals surface area contributed by atoms with E-state index in [4.69, 9.17) is 11.6 Å². The van der Waals surface area contributed by atoms with Crippen LogP contribution in [0.3, 0.4) is 0 Å². The minimum absolute atomic E-state index is 0.0246. The molecule has 1 aromatic heterocycles. The lowest BCUT2D eigenvalue weighted by Gasteiger charge is -2.27. The summed E-state index contributed by atoms with van der Waals surface area (Å²) in [4.78, 5) is 15.6. The molecule has 1 heterocycles. The third-order valence-electron chi connectivity index (χ3n) is 7.24. The predicted octanol–water partition coefficient (Wildman–Crippen LogP) is 7.11. The van der Waals surface area contributed by atoms with E-state index in [2.05, 4.69) is 47.4 Å². The lowest BCUT2D eigenvalue weighted by Crippen LogP contribution is -2.20. The number of carboxylic acid groups (broad SMARTS) is 1. The molecule has 1 unspecified atom stereocenters. The van der Waals surface area contributed by atoms with Crippen molar-refractivity contribution in [2.24, 2.45) is 11.1 Å². The molecule has 5 nitrogen and oxygen atoms in total. The summed E-state index contributed by atoms with van der Waals surface area (Å²) in [7, 11) is 0. The summed E-state index contributed by atoms with van der Waals surface area (Å²) in [5.74, 6) is -0.519. The van der Waals surface area contributed by atoms with Crippen molar-refractivity contribution in [3.8, 4) is 0 Å². The van der Waals surface area contributed by atoms with Gasteiger partial charge in [-0.2, -0.15) is 0 Å². The zero-order chi connectivity index (χ0) is 24.9. The third kappa shape index (κ3) is 5.91. The van der Waals surface area contributed by atoms with Gasteiger partial charge in [0.15, 0.2) is 0 Å². The zero-order valence-electron chi connectivity index (χ0n) is 20.1. The average molecular weight is 491 g/mol. The Hall–Kier alpha value is -3.18. The molecule has 0 radical (unpaired) electrons. The second kappa shape index (κ2) is 11.0. The molecule has 1 aliphatic carbocycles. The molecule has 3 aromatic rings. The number of aliphatic carboxylic acids is 1. The van der Waals surface area contributed by atoms with Crippen molar-refractivity contribution < 1.29 is 15.1 Å². The SMILES string of the molecule is Cc1cc(C(CC(c2ccc(C3CCC(C(=O)O)CC3)cc2)c2ccc(Cl)cc2C)=NO)ccn1. The average Bonchev–Trinajstić information content (AvgIpc) is 2.86.